The van der Waals surface area contributed by atoms with Crippen LogP contribution in [0.2, 0.25) is 5.02 Å². The molecule has 0 radical (unpaired) electrons. The first-order valence-electron chi connectivity index (χ1n) is 11.0. The van der Waals surface area contributed by atoms with E-state index >= 15 is 0 Å². The average Bonchev–Trinajstić information content (AvgIpc) is 3.27. The molecule has 1 aromatic heterocycles. The number of carbonyl (C=O) groups excluding carboxylic acids is 1. The summed E-state index contributed by atoms with van der Waals surface area (Å²) in [5, 5.41) is 3.73. The Kier molecular flexibility index (Phi) is 6.57. The highest BCUT2D eigenvalue weighted by molar-refractivity contribution is 6.35. The molecule has 4 nitrogen and oxygen atoms in total. The zero-order valence-corrected chi connectivity index (χ0v) is 18.5. The zero-order chi connectivity index (χ0) is 21.8. The molecule has 1 N–H and O–H groups in total. The maximum atomic E-state index is 13.8. The minimum Gasteiger partial charge on any atom is -0.369 e. The van der Waals surface area contributed by atoms with Gasteiger partial charge in [0.2, 0.25) is 0 Å². The van der Waals surface area contributed by atoms with Gasteiger partial charge in [-0.15, -0.1) is 0 Å². The van der Waals surface area contributed by atoms with Crippen molar-refractivity contribution in [2.24, 2.45) is 0 Å². The van der Waals surface area contributed by atoms with Gasteiger partial charge < -0.3 is 5.32 Å². The van der Waals surface area contributed by atoms with Crippen molar-refractivity contribution < 1.29 is 4.79 Å². The van der Waals surface area contributed by atoms with Crippen molar-refractivity contribution in [1.82, 2.24) is 4.57 Å². The number of nitrogens with one attached hydrogen (secondary N) is 1. The summed E-state index contributed by atoms with van der Waals surface area (Å²) in [6.45, 7) is 3.36. The molecule has 4 rings (SSSR count). The number of halogens is 1. The predicted octanol–water partition coefficient (Wildman–Crippen LogP) is 5.48. The highest BCUT2D eigenvalue weighted by atomic mass is 35.5. The van der Waals surface area contributed by atoms with Gasteiger partial charge in [0, 0.05) is 30.6 Å². The van der Waals surface area contributed by atoms with Gasteiger partial charge in [0.1, 0.15) is 5.82 Å². The third-order valence-electron chi connectivity index (χ3n) is 5.90. The number of pyridine rings is 1. The van der Waals surface area contributed by atoms with Gasteiger partial charge in [-0.25, -0.2) is 0 Å². The van der Waals surface area contributed by atoms with Gasteiger partial charge in [0.15, 0.2) is 5.78 Å². The van der Waals surface area contributed by atoms with E-state index in [4.69, 9.17) is 11.6 Å². The third kappa shape index (κ3) is 4.31. The van der Waals surface area contributed by atoms with Gasteiger partial charge in [0.25, 0.3) is 5.56 Å². The van der Waals surface area contributed by atoms with E-state index in [0.717, 1.165) is 36.0 Å². The number of hydrogen-bond donors (Lipinski definition) is 1. The number of anilines is 1. The second-order valence-corrected chi connectivity index (χ2v) is 8.40. The summed E-state index contributed by atoms with van der Waals surface area (Å²) in [6, 6.07) is 17.1. The number of rotatable bonds is 8. The molecule has 3 aromatic rings. The highest BCUT2D eigenvalue weighted by Crippen LogP contribution is 2.31. The molecule has 1 aliphatic heterocycles. The summed E-state index contributed by atoms with van der Waals surface area (Å²) in [7, 11) is 0. The molecule has 31 heavy (non-hydrogen) atoms. The van der Waals surface area contributed by atoms with Crippen LogP contribution >= 0.6 is 11.6 Å². The average molecular weight is 435 g/mol. The molecule has 0 saturated heterocycles. The summed E-state index contributed by atoms with van der Waals surface area (Å²) in [6.07, 6.45) is 4.28. The molecule has 5 heteroatoms. The lowest BCUT2D eigenvalue weighted by atomic mass is 9.89. The van der Waals surface area contributed by atoms with E-state index in [2.05, 4.69) is 12.2 Å². The molecule has 0 bridgehead atoms. The Labute approximate surface area is 187 Å². The normalized spacial score (nSPS) is 12.5. The molecule has 0 unspecified atom stereocenters. The first-order chi connectivity index (χ1) is 15.1. The minimum absolute atomic E-state index is 0.00561. The lowest BCUT2D eigenvalue weighted by Gasteiger charge is -2.19. The maximum absolute atomic E-state index is 13.8. The largest absolute Gasteiger partial charge is 0.369 e. The maximum Gasteiger partial charge on any atom is 0.256 e. The van der Waals surface area contributed by atoms with Gasteiger partial charge in [-0.2, -0.15) is 0 Å². The summed E-state index contributed by atoms with van der Waals surface area (Å²) < 4.78 is 1.73. The molecule has 0 saturated carbocycles. The Hall–Kier alpha value is -2.85. The predicted molar refractivity (Wildman–Crippen MR) is 127 cm³/mol. The Bertz CT molecular complexity index is 1150. The molecule has 0 aliphatic carbocycles. The number of carbonyl (C=O) groups is 1. The van der Waals surface area contributed by atoms with Crippen LogP contribution in [0.3, 0.4) is 0 Å². The fourth-order valence-corrected chi connectivity index (χ4v) is 4.56. The highest BCUT2D eigenvalue weighted by Gasteiger charge is 2.29. The van der Waals surface area contributed by atoms with Gasteiger partial charge in [-0.05, 0) is 36.1 Å². The number of fused-ring (bicyclic) bond motifs is 1. The van der Waals surface area contributed by atoms with Crippen LogP contribution in [-0.2, 0) is 19.4 Å². The van der Waals surface area contributed by atoms with Crippen LogP contribution in [0, 0.1) is 0 Å². The monoisotopic (exact) mass is 434 g/mol. The molecule has 0 amide bonds. The number of nitrogens with zero attached hydrogens (tertiary/aromatic N) is 1. The van der Waals surface area contributed by atoms with E-state index in [9.17, 15) is 9.59 Å². The van der Waals surface area contributed by atoms with Crippen LogP contribution in [0.5, 0.6) is 0 Å². The van der Waals surface area contributed by atoms with Crippen molar-refractivity contribution in [2.45, 2.75) is 45.6 Å². The van der Waals surface area contributed by atoms with Crippen LogP contribution in [0.1, 0.15) is 58.8 Å². The molecule has 160 valence electrons. The van der Waals surface area contributed by atoms with E-state index < -0.39 is 0 Å². The minimum atomic E-state index is -0.121. The van der Waals surface area contributed by atoms with Gasteiger partial charge in [-0.1, -0.05) is 73.8 Å². The number of benzene rings is 2. The van der Waals surface area contributed by atoms with Gasteiger partial charge >= 0.3 is 0 Å². The Morgan fingerprint density at radius 1 is 1.03 bits per heavy atom. The Morgan fingerprint density at radius 2 is 1.77 bits per heavy atom. The molecule has 0 atom stereocenters. The second kappa shape index (κ2) is 9.52. The molecular weight excluding hydrogens is 408 g/mol. The van der Waals surface area contributed by atoms with Crippen LogP contribution in [0.15, 0.2) is 59.4 Å². The van der Waals surface area contributed by atoms with E-state index in [0.29, 0.717) is 47.9 Å². The van der Waals surface area contributed by atoms with Crippen LogP contribution < -0.4 is 10.9 Å². The standard InChI is InChI=1S/C26H27ClN2O2/c1-2-3-5-12-19-21(17-18-10-6-4-7-11-18)26(31)29-16-15-28-25(29)23(19)24(30)20-13-8-9-14-22(20)27/h4,6-11,13-14,28H,2-3,5,12,15-17H2,1H3. The van der Waals surface area contributed by atoms with Gasteiger partial charge in [-0.3, -0.25) is 14.2 Å². The van der Waals surface area contributed by atoms with Crippen LogP contribution in [0.25, 0.3) is 0 Å². The van der Waals surface area contributed by atoms with Crippen LogP contribution in [0.4, 0.5) is 5.82 Å². The topological polar surface area (TPSA) is 51.1 Å². The summed E-state index contributed by atoms with van der Waals surface area (Å²) in [5.74, 6) is 0.516. The number of hydrogen-bond acceptors (Lipinski definition) is 3. The van der Waals surface area contributed by atoms with E-state index in [1.807, 2.05) is 42.5 Å². The lowest BCUT2D eigenvalue weighted by molar-refractivity contribution is 0.103. The molecule has 0 spiro atoms. The van der Waals surface area contributed by atoms with Crippen molar-refractivity contribution >= 4 is 23.2 Å². The molecular formula is C26H27ClN2O2. The van der Waals surface area contributed by atoms with E-state index in [1.165, 1.54) is 0 Å². The fourth-order valence-electron chi connectivity index (χ4n) is 4.34. The van der Waals surface area contributed by atoms with E-state index in [-0.39, 0.29) is 11.3 Å². The SMILES string of the molecule is CCCCCc1c(C(=O)c2ccccc2Cl)c2n(c(=O)c1Cc1ccccc1)CCN2. The first-order valence-corrected chi connectivity index (χ1v) is 11.3. The Balaban J connectivity index is 1.92. The third-order valence-corrected chi connectivity index (χ3v) is 6.23. The van der Waals surface area contributed by atoms with Crippen molar-refractivity contribution in [3.63, 3.8) is 0 Å². The van der Waals surface area contributed by atoms with Crippen molar-refractivity contribution in [3.8, 4) is 0 Å². The molecule has 2 aromatic carbocycles. The van der Waals surface area contributed by atoms with Crippen LogP contribution in [-0.4, -0.2) is 16.9 Å². The molecule has 2 heterocycles. The van der Waals surface area contributed by atoms with Gasteiger partial charge in [0.05, 0.1) is 10.6 Å². The Morgan fingerprint density at radius 3 is 2.52 bits per heavy atom. The van der Waals surface area contributed by atoms with Crippen molar-refractivity contribution in [1.29, 1.82) is 0 Å². The smallest absolute Gasteiger partial charge is 0.256 e. The van der Waals surface area contributed by atoms with Crippen molar-refractivity contribution in [2.75, 3.05) is 11.9 Å². The van der Waals surface area contributed by atoms with E-state index in [1.54, 1.807) is 16.7 Å². The summed E-state index contributed by atoms with van der Waals surface area (Å²) >= 11 is 6.39. The second-order valence-electron chi connectivity index (χ2n) is 7.99. The van der Waals surface area contributed by atoms with Crippen molar-refractivity contribution in [3.05, 3.63) is 97.8 Å². The molecule has 1 aliphatic rings. The quantitative estimate of drug-likeness (QED) is 0.377. The molecule has 0 fully saturated rings. The summed E-state index contributed by atoms with van der Waals surface area (Å²) in [5.41, 5.74) is 3.75. The number of ketones is 1. The zero-order valence-electron chi connectivity index (χ0n) is 17.8. The summed E-state index contributed by atoms with van der Waals surface area (Å²) in [4.78, 5) is 27.2. The number of unbranched alkanes of at least 4 members (excludes halogenated alkanes) is 2. The lowest BCUT2D eigenvalue weighted by Crippen LogP contribution is -2.28. The first kappa shape index (κ1) is 21.4. The fraction of sp³-hybridized carbons (Fsp3) is 0.308. The number of aromatic nitrogens is 1.